The lowest BCUT2D eigenvalue weighted by molar-refractivity contribution is -0.130. The zero-order valence-electron chi connectivity index (χ0n) is 15.9. The van der Waals surface area contributed by atoms with Crippen LogP contribution in [0.25, 0.3) is 0 Å². The molecule has 0 aromatic heterocycles. The lowest BCUT2D eigenvalue weighted by atomic mass is 10.2. The summed E-state index contributed by atoms with van der Waals surface area (Å²) >= 11 is 3.52. The third kappa shape index (κ3) is 9.02. The SMILES string of the molecule is C=CCCCN(C)C(=NC)NCCC(=O)N(C)Cc1ccccc1Br.I. The van der Waals surface area contributed by atoms with E-state index in [0.29, 0.717) is 19.5 Å². The Bertz CT molecular complexity index is 595. The Hall–Kier alpha value is -1.09. The van der Waals surface area contributed by atoms with E-state index < -0.39 is 0 Å². The largest absolute Gasteiger partial charge is 0.356 e. The summed E-state index contributed by atoms with van der Waals surface area (Å²) in [4.78, 5) is 20.4. The van der Waals surface area contributed by atoms with Crippen LogP contribution in [-0.2, 0) is 11.3 Å². The standard InChI is InChI=1S/C19H29BrN4O.HI/c1-5-6-9-14-23(3)19(21-2)22-13-12-18(25)24(4)15-16-10-7-8-11-17(16)20;/h5,7-8,10-11H,1,6,9,12-15H2,2-4H3,(H,21,22);1H. The van der Waals surface area contributed by atoms with Crippen molar-refractivity contribution in [2.24, 2.45) is 4.99 Å². The van der Waals surface area contributed by atoms with Gasteiger partial charge in [-0.1, -0.05) is 40.2 Å². The zero-order valence-corrected chi connectivity index (χ0v) is 19.8. The smallest absolute Gasteiger partial charge is 0.224 e. The highest BCUT2D eigenvalue weighted by molar-refractivity contribution is 14.0. The van der Waals surface area contributed by atoms with Crippen LogP contribution < -0.4 is 5.32 Å². The maximum atomic E-state index is 12.3. The molecule has 5 nitrogen and oxygen atoms in total. The van der Waals surface area contributed by atoms with Crippen molar-refractivity contribution in [3.8, 4) is 0 Å². The molecular weight excluding hydrogens is 507 g/mol. The van der Waals surface area contributed by atoms with E-state index in [1.165, 1.54) is 0 Å². The van der Waals surface area contributed by atoms with Crippen molar-refractivity contribution in [3.63, 3.8) is 0 Å². The summed E-state index contributed by atoms with van der Waals surface area (Å²) in [6, 6.07) is 7.95. The molecule has 26 heavy (non-hydrogen) atoms. The van der Waals surface area contributed by atoms with Crippen LogP contribution in [-0.4, -0.2) is 55.9 Å². The van der Waals surface area contributed by atoms with Crippen LogP contribution in [0.5, 0.6) is 0 Å². The van der Waals surface area contributed by atoms with Gasteiger partial charge in [-0.3, -0.25) is 9.79 Å². The molecule has 1 aromatic rings. The summed E-state index contributed by atoms with van der Waals surface area (Å²) < 4.78 is 1.02. The maximum absolute atomic E-state index is 12.3. The summed E-state index contributed by atoms with van der Waals surface area (Å²) in [6.45, 7) is 5.80. The lowest BCUT2D eigenvalue weighted by Gasteiger charge is -2.22. The van der Waals surface area contributed by atoms with E-state index in [2.05, 4.69) is 37.7 Å². The molecule has 0 saturated heterocycles. The van der Waals surface area contributed by atoms with Gasteiger partial charge in [0, 0.05) is 51.7 Å². The van der Waals surface area contributed by atoms with Gasteiger partial charge in [0.2, 0.25) is 5.91 Å². The molecule has 1 rings (SSSR count). The minimum Gasteiger partial charge on any atom is -0.356 e. The summed E-state index contributed by atoms with van der Waals surface area (Å²) in [6.07, 6.45) is 4.37. The van der Waals surface area contributed by atoms with Crippen LogP contribution in [0, 0.1) is 0 Å². The number of hydrogen-bond donors (Lipinski definition) is 1. The summed E-state index contributed by atoms with van der Waals surface area (Å²) in [5.74, 6) is 0.915. The van der Waals surface area contributed by atoms with Gasteiger partial charge < -0.3 is 15.1 Å². The predicted molar refractivity (Wildman–Crippen MR) is 124 cm³/mol. The Kier molecular flexibility index (Phi) is 13.4. The van der Waals surface area contributed by atoms with Gasteiger partial charge in [0.25, 0.3) is 0 Å². The molecule has 1 N–H and O–H groups in total. The van der Waals surface area contributed by atoms with Crippen LogP contribution in [0.2, 0.25) is 0 Å². The second-order valence-corrected chi connectivity index (χ2v) is 6.77. The van der Waals surface area contributed by atoms with Gasteiger partial charge in [0.05, 0.1) is 0 Å². The number of nitrogens with zero attached hydrogens (tertiary/aromatic N) is 3. The number of carbonyl (C=O) groups excluding carboxylic acids is 1. The number of aliphatic imine (C=N–C) groups is 1. The van der Waals surface area contributed by atoms with E-state index >= 15 is 0 Å². The number of nitrogens with one attached hydrogen (secondary N) is 1. The minimum atomic E-state index is 0. The molecule has 0 atom stereocenters. The van der Waals surface area contributed by atoms with Crippen molar-refractivity contribution in [2.75, 3.05) is 34.2 Å². The molecule has 0 radical (unpaired) electrons. The molecular formula is C19H30BrIN4O. The normalized spacial score (nSPS) is 10.7. The van der Waals surface area contributed by atoms with E-state index in [-0.39, 0.29) is 29.9 Å². The number of rotatable bonds is 9. The van der Waals surface area contributed by atoms with Gasteiger partial charge >= 0.3 is 0 Å². The molecule has 0 unspecified atom stereocenters. The van der Waals surface area contributed by atoms with Crippen molar-refractivity contribution in [1.82, 2.24) is 15.1 Å². The Morgan fingerprint density at radius 3 is 2.62 bits per heavy atom. The Labute approximate surface area is 183 Å². The summed E-state index contributed by atoms with van der Waals surface area (Å²) in [7, 11) is 5.59. The fourth-order valence-electron chi connectivity index (χ4n) is 2.41. The number of guanidine groups is 1. The highest BCUT2D eigenvalue weighted by atomic mass is 127. The van der Waals surface area contributed by atoms with E-state index in [9.17, 15) is 4.79 Å². The van der Waals surface area contributed by atoms with Gasteiger partial charge in [-0.25, -0.2) is 0 Å². The molecule has 0 aliphatic heterocycles. The van der Waals surface area contributed by atoms with Crippen LogP contribution in [0.1, 0.15) is 24.8 Å². The molecule has 0 aliphatic carbocycles. The van der Waals surface area contributed by atoms with Crippen molar-refractivity contribution in [3.05, 3.63) is 47.0 Å². The fraction of sp³-hybridized carbons (Fsp3) is 0.474. The maximum Gasteiger partial charge on any atom is 0.224 e. The van der Waals surface area contributed by atoms with E-state index in [1.54, 1.807) is 11.9 Å². The Morgan fingerprint density at radius 2 is 2.00 bits per heavy atom. The monoisotopic (exact) mass is 536 g/mol. The summed E-state index contributed by atoms with van der Waals surface area (Å²) in [5.41, 5.74) is 1.10. The number of benzene rings is 1. The molecule has 1 amide bonds. The molecule has 0 aliphatic rings. The van der Waals surface area contributed by atoms with Gasteiger partial charge in [-0.05, 0) is 24.5 Å². The first-order chi connectivity index (χ1) is 12.0. The number of hydrogen-bond acceptors (Lipinski definition) is 2. The van der Waals surface area contributed by atoms with E-state index in [4.69, 9.17) is 0 Å². The number of amides is 1. The third-order valence-electron chi connectivity index (χ3n) is 3.89. The van der Waals surface area contributed by atoms with Crippen molar-refractivity contribution in [2.45, 2.75) is 25.8 Å². The molecule has 0 saturated carbocycles. The van der Waals surface area contributed by atoms with Crippen LogP contribution in [0.3, 0.4) is 0 Å². The van der Waals surface area contributed by atoms with Gasteiger partial charge in [0.15, 0.2) is 5.96 Å². The van der Waals surface area contributed by atoms with Gasteiger partial charge in [-0.15, -0.1) is 30.6 Å². The molecule has 0 heterocycles. The van der Waals surface area contributed by atoms with Crippen LogP contribution in [0.4, 0.5) is 0 Å². The predicted octanol–water partition coefficient (Wildman–Crippen LogP) is 3.89. The zero-order chi connectivity index (χ0) is 18.7. The molecule has 1 aromatic carbocycles. The average molecular weight is 537 g/mol. The van der Waals surface area contributed by atoms with Crippen molar-refractivity contribution < 1.29 is 4.79 Å². The quantitative estimate of drug-likeness (QED) is 0.171. The first-order valence-corrected chi connectivity index (χ1v) is 9.29. The molecule has 0 bridgehead atoms. The van der Waals surface area contributed by atoms with E-state index in [1.807, 2.05) is 44.4 Å². The second kappa shape index (κ2) is 14.0. The van der Waals surface area contributed by atoms with Crippen molar-refractivity contribution >= 4 is 51.8 Å². The lowest BCUT2D eigenvalue weighted by Crippen LogP contribution is -2.41. The second-order valence-electron chi connectivity index (χ2n) is 5.92. The molecule has 146 valence electrons. The highest BCUT2D eigenvalue weighted by Crippen LogP contribution is 2.17. The number of allylic oxidation sites excluding steroid dienone is 1. The average Bonchev–Trinajstić information content (AvgIpc) is 2.60. The fourth-order valence-corrected chi connectivity index (χ4v) is 2.82. The first kappa shape index (κ1) is 24.9. The Morgan fingerprint density at radius 1 is 1.31 bits per heavy atom. The van der Waals surface area contributed by atoms with Gasteiger partial charge in [0.1, 0.15) is 0 Å². The van der Waals surface area contributed by atoms with E-state index in [0.717, 1.165) is 35.4 Å². The summed E-state index contributed by atoms with van der Waals surface area (Å²) in [5, 5.41) is 3.25. The van der Waals surface area contributed by atoms with Crippen LogP contribution >= 0.6 is 39.9 Å². The Balaban J connectivity index is 0.00000625. The highest BCUT2D eigenvalue weighted by Gasteiger charge is 2.11. The van der Waals surface area contributed by atoms with Crippen molar-refractivity contribution in [1.29, 1.82) is 0 Å². The van der Waals surface area contributed by atoms with Crippen LogP contribution in [0.15, 0.2) is 46.4 Å². The first-order valence-electron chi connectivity index (χ1n) is 8.49. The number of halogens is 2. The third-order valence-corrected chi connectivity index (χ3v) is 4.66. The minimum absolute atomic E-state index is 0. The molecule has 0 spiro atoms. The number of carbonyl (C=O) groups is 1. The molecule has 7 heteroatoms. The molecule has 0 fully saturated rings. The topological polar surface area (TPSA) is 47.9 Å². The van der Waals surface area contributed by atoms with Gasteiger partial charge in [-0.2, -0.15) is 0 Å². The number of unbranched alkanes of at least 4 members (excludes halogenated alkanes) is 1.